The molecule has 1 amide bonds. The summed E-state index contributed by atoms with van der Waals surface area (Å²) in [6.45, 7) is -0.760. The van der Waals surface area contributed by atoms with E-state index >= 15 is 0 Å². The first-order valence-corrected chi connectivity index (χ1v) is 5.41. The third kappa shape index (κ3) is 3.28. The number of ether oxygens (including phenoxy) is 1. The third-order valence-electron chi connectivity index (χ3n) is 2.49. The number of carbonyl (C=O) groups is 1. The van der Waals surface area contributed by atoms with Crippen LogP contribution in [0.5, 0.6) is 5.75 Å². The number of amides is 1. The van der Waals surface area contributed by atoms with Crippen LogP contribution >= 0.6 is 0 Å². The lowest BCUT2D eigenvalue weighted by Crippen LogP contribution is -2.35. The number of rotatable bonds is 3. The molecule has 0 saturated heterocycles. The van der Waals surface area contributed by atoms with E-state index in [2.05, 4.69) is 10.6 Å². The van der Waals surface area contributed by atoms with Gasteiger partial charge in [-0.05, 0) is 18.2 Å². The Morgan fingerprint density at radius 2 is 2.21 bits per heavy atom. The Labute approximate surface area is 106 Å². The summed E-state index contributed by atoms with van der Waals surface area (Å²) in [4.78, 5) is 11.1. The van der Waals surface area contributed by atoms with Gasteiger partial charge in [-0.15, -0.1) is 0 Å². The van der Waals surface area contributed by atoms with Crippen LogP contribution in [0.2, 0.25) is 0 Å². The van der Waals surface area contributed by atoms with Crippen LogP contribution in [0.25, 0.3) is 0 Å². The van der Waals surface area contributed by atoms with Gasteiger partial charge < -0.3 is 20.5 Å². The molecule has 19 heavy (non-hydrogen) atoms. The fourth-order valence-corrected chi connectivity index (χ4v) is 1.52. The average Bonchev–Trinajstić information content (AvgIpc) is 2.34. The van der Waals surface area contributed by atoms with Gasteiger partial charge in [0.1, 0.15) is 5.75 Å². The number of hydrogen-bond acceptors (Lipinski definition) is 4. The minimum absolute atomic E-state index is 0.0907. The minimum Gasteiger partial charge on any atom is -0.482 e. The Morgan fingerprint density at radius 3 is 2.89 bits per heavy atom. The number of fused-ring (bicyclic) bond motifs is 1. The van der Waals surface area contributed by atoms with E-state index < -0.39 is 18.8 Å². The van der Waals surface area contributed by atoms with Gasteiger partial charge in [0.25, 0.3) is 5.91 Å². The van der Waals surface area contributed by atoms with Crippen LogP contribution in [0, 0.1) is 0 Å². The first kappa shape index (κ1) is 13.5. The summed E-state index contributed by atoms with van der Waals surface area (Å²) in [6, 6.07) is 4.46. The van der Waals surface area contributed by atoms with Crippen molar-refractivity contribution in [2.24, 2.45) is 0 Å². The number of nitrogens with one attached hydrogen (secondary N) is 2. The molecule has 1 heterocycles. The molecule has 3 N–H and O–H groups in total. The highest BCUT2D eigenvalue weighted by Crippen LogP contribution is 2.30. The lowest BCUT2D eigenvalue weighted by atomic mass is 10.2. The predicted molar refractivity (Wildman–Crippen MR) is 61.1 cm³/mol. The fraction of sp³-hybridized carbons (Fsp3) is 0.364. The number of hydrogen-bond donors (Lipinski definition) is 3. The smallest absolute Gasteiger partial charge is 0.416 e. The number of benzene rings is 1. The van der Waals surface area contributed by atoms with Crippen molar-refractivity contribution in [3.8, 4) is 5.75 Å². The van der Waals surface area contributed by atoms with E-state index in [1.54, 1.807) is 0 Å². The maximum Gasteiger partial charge on any atom is 0.416 e. The van der Waals surface area contributed by atoms with Gasteiger partial charge in [-0.25, -0.2) is 0 Å². The van der Waals surface area contributed by atoms with Gasteiger partial charge in [0.05, 0.1) is 5.69 Å². The van der Waals surface area contributed by atoms with Gasteiger partial charge in [0, 0.05) is 12.2 Å². The van der Waals surface area contributed by atoms with Crippen molar-refractivity contribution in [2.45, 2.75) is 12.3 Å². The largest absolute Gasteiger partial charge is 0.482 e. The van der Waals surface area contributed by atoms with Crippen LogP contribution in [0.4, 0.5) is 24.5 Å². The van der Waals surface area contributed by atoms with Crippen molar-refractivity contribution in [1.82, 2.24) is 0 Å². The normalized spacial score (nSPS) is 16.1. The van der Waals surface area contributed by atoms with Crippen LogP contribution < -0.4 is 15.4 Å². The molecule has 0 aromatic heterocycles. The maximum absolute atomic E-state index is 12.1. The molecule has 1 aromatic rings. The molecule has 1 aliphatic heterocycles. The predicted octanol–water partition coefficient (Wildman–Crippen LogP) is 1.35. The number of aliphatic hydroxyl groups is 1. The van der Waals surface area contributed by atoms with E-state index in [1.807, 2.05) is 0 Å². The molecule has 104 valence electrons. The number of anilines is 2. The van der Waals surface area contributed by atoms with Crippen molar-refractivity contribution < 1.29 is 27.8 Å². The molecule has 0 aliphatic carbocycles. The molecule has 0 unspecified atom stereocenters. The first-order chi connectivity index (χ1) is 8.86. The van der Waals surface area contributed by atoms with Crippen molar-refractivity contribution in [3.05, 3.63) is 18.2 Å². The van der Waals surface area contributed by atoms with Crippen LogP contribution in [0.15, 0.2) is 18.2 Å². The second-order valence-corrected chi connectivity index (χ2v) is 3.99. The number of halogens is 3. The molecular weight excluding hydrogens is 265 g/mol. The van der Waals surface area contributed by atoms with Crippen molar-refractivity contribution in [2.75, 3.05) is 23.8 Å². The van der Waals surface area contributed by atoms with E-state index in [-0.39, 0.29) is 12.5 Å². The maximum atomic E-state index is 12.1. The monoisotopic (exact) mass is 276 g/mol. The van der Waals surface area contributed by atoms with E-state index in [4.69, 9.17) is 9.84 Å². The number of aliphatic hydroxyl groups excluding tert-OH is 1. The summed E-state index contributed by atoms with van der Waals surface area (Å²) < 4.78 is 41.4. The zero-order chi connectivity index (χ0) is 14.0. The third-order valence-corrected chi connectivity index (χ3v) is 2.49. The van der Waals surface area contributed by atoms with Crippen molar-refractivity contribution in [3.63, 3.8) is 0 Å². The van der Waals surface area contributed by atoms with Gasteiger partial charge in [-0.3, -0.25) is 4.79 Å². The fourth-order valence-electron chi connectivity index (χ4n) is 1.52. The number of alkyl halides is 3. The molecule has 0 radical (unpaired) electrons. The average molecular weight is 276 g/mol. The summed E-state index contributed by atoms with van der Waals surface area (Å²) >= 11 is 0. The molecule has 8 heteroatoms. The van der Waals surface area contributed by atoms with Gasteiger partial charge in [0.15, 0.2) is 12.7 Å². The van der Waals surface area contributed by atoms with Gasteiger partial charge in [-0.2, -0.15) is 13.2 Å². The molecule has 0 spiro atoms. The molecule has 1 aliphatic rings. The lowest BCUT2D eigenvalue weighted by Gasteiger charge is -2.20. The topological polar surface area (TPSA) is 70.6 Å². The van der Waals surface area contributed by atoms with Gasteiger partial charge in [0.2, 0.25) is 0 Å². The van der Waals surface area contributed by atoms with Crippen molar-refractivity contribution in [1.29, 1.82) is 0 Å². The highest BCUT2D eigenvalue weighted by molar-refractivity contribution is 5.95. The lowest BCUT2D eigenvalue weighted by molar-refractivity contribution is -0.198. The van der Waals surface area contributed by atoms with E-state index in [0.717, 1.165) is 0 Å². The van der Waals surface area contributed by atoms with E-state index in [1.165, 1.54) is 18.2 Å². The summed E-state index contributed by atoms with van der Waals surface area (Å²) in [5.74, 6) is 0.112. The minimum atomic E-state index is -4.67. The van der Waals surface area contributed by atoms with Crippen LogP contribution in [-0.2, 0) is 4.79 Å². The molecule has 2 rings (SSSR count). The van der Waals surface area contributed by atoms with Gasteiger partial charge >= 0.3 is 6.18 Å². The molecular formula is C11H11F3N2O3. The van der Waals surface area contributed by atoms with Crippen LogP contribution in [-0.4, -0.2) is 36.4 Å². The Morgan fingerprint density at radius 1 is 1.47 bits per heavy atom. The van der Waals surface area contributed by atoms with E-state index in [0.29, 0.717) is 17.1 Å². The standard InChI is InChI=1S/C11H11F3N2O3/c12-11(13,14)9(17)4-15-6-1-2-8-7(3-6)16-10(18)5-19-8/h1-3,9,15,17H,4-5H2,(H,16,18)/t9-/m0/s1. The number of carbonyl (C=O) groups excluding carboxylic acids is 1. The second-order valence-electron chi connectivity index (χ2n) is 3.99. The summed E-state index contributed by atoms with van der Waals surface area (Å²) in [6.07, 6.45) is -7.12. The van der Waals surface area contributed by atoms with E-state index in [9.17, 15) is 18.0 Å². The Balaban J connectivity index is 2.02. The zero-order valence-corrected chi connectivity index (χ0v) is 9.62. The summed E-state index contributed by atoms with van der Waals surface area (Å²) in [5, 5.41) is 13.8. The first-order valence-electron chi connectivity index (χ1n) is 5.41. The highest BCUT2D eigenvalue weighted by atomic mass is 19.4. The molecule has 1 atom stereocenters. The molecule has 0 bridgehead atoms. The van der Waals surface area contributed by atoms with Crippen LogP contribution in [0.1, 0.15) is 0 Å². The highest BCUT2D eigenvalue weighted by Gasteiger charge is 2.37. The summed E-state index contributed by atoms with van der Waals surface area (Å²) in [7, 11) is 0. The Bertz CT molecular complexity index is 491. The molecule has 5 nitrogen and oxygen atoms in total. The van der Waals surface area contributed by atoms with Crippen molar-refractivity contribution >= 4 is 17.3 Å². The molecule has 0 fully saturated rings. The zero-order valence-electron chi connectivity index (χ0n) is 9.62. The van der Waals surface area contributed by atoms with Crippen LogP contribution in [0.3, 0.4) is 0 Å². The second kappa shape index (κ2) is 4.96. The Hall–Kier alpha value is -1.96. The molecule has 1 aromatic carbocycles. The van der Waals surface area contributed by atoms with Gasteiger partial charge in [-0.1, -0.05) is 0 Å². The summed E-state index contributed by atoms with van der Waals surface area (Å²) in [5.41, 5.74) is 0.718. The quantitative estimate of drug-likeness (QED) is 0.779. The molecule has 0 saturated carbocycles. The Kier molecular flexibility index (Phi) is 3.52. The SMILES string of the molecule is O=C1COc2ccc(NC[C@H](O)C(F)(F)F)cc2N1.